The number of benzene rings is 2. The molecule has 1 fully saturated rings. The van der Waals surface area contributed by atoms with Gasteiger partial charge >= 0.3 is 6.09 Å². The van der Waals surface area contributed by atoms with Gasteiger partial charge in [-0.25, -0.2) is 4.79 Å². The second kappa shape index (κ2) is 12.7. The average Bonchev–Trinajstić information content (AvgIpc) is 2.85. The fourth-order valence-electron chi connectivity index (χ4n) is 4.17. The number of Topliss-reactive ketones (excluding diaryl/α,β-unsaturated/α-hetero) is 1. The van der Waals surface area contributed by atoms with Crippen molar-refractivity contribution >= 4 is 17.8 Å². The number of hydrogen-bond acceptors (Lipinski definition) is 5. The van der Waals surface area contributed by atoms with Gasteiger partial charge in [-0.05, 0) is 68.7 Å². The van der Waals surface area contributed by atoms with Gasteiger partial charge in [-0.1, -0.05) is 42.5 Å². The molecule has 1 heterocycles. The molecule has 36 heavy (non-hydrogen) atoms. The summed E-state index contributed by atoms with van der Waals surface area (Å²) < 4.78 is 10.6. The fraction of sp³-hybridized carbons (Fsp3) is 0.483. The molecule has 2 aromatic rings. The van der Waals surface area contributed by atoms with Gasteiger partial charge < -0.3 is 19.7 Å². The normalized spacial score (nSPS) is 14.2. The van der Waals surface area contributed by atoms with Gasteiger partial charge in [0.05, 0.1) is 0 Å². The number of nitrogens with zero attached hydrogens (tertiary/aromatic N) is 1. The summed E-state index contributed by atoms with van der Waals surface area (Å²) in [5, 5.41) is 2.50. The molecule has 0 spiro atoms. The highest BCUT2D eigenvalue weighted by atomic mass is 16.6. The van der Waals surface area contributed by atoms with Crippen molar-refractivity contribution in [2.24, 2.45) is 5.92 Å². The molecule has 1 saturated heterocycles. The van der Waals surface area contributed by atoms with Gasteiger partial charge in [-0.3, -0.25) is 9.59 Å². The van der Waals surface area contributed by atoms with Crippen molar-refractivity contribution in [1.29, 1.82) is 0 Å². The largest absolute Gasteiger partial charge is 0.444 e. The third-order valence-corrected chi connectivity index (χ3v) is 6.22. The third-order valence-electron chi connectivity index (χ3n) is 6.22. The number of ether oxygens (including phenoxy) is 2. The molecule has 0 atom stereocenters. The molecule has 0 unspecified atom stereocenters. The summed E-state index contributed by atoms with van der Waals surface area (Å²) in [6, 6.07) is 15.7. The van der Waals surface area contributed by atoms with E-state index in [-0.39, 0.29) is 18.2 Å². The molecule has 0 saturated carbocycles. The molecular formula is C29H38N2O5. The maximum Gasteiger partial charge on any atom is 0.408 e. The Morgan fingerprint density at radius 3 is 2.39 bits per heavy atom. The molecule has 0 bridgehead atoms. The summed E-state index contributed by atoms with van der Waals surface area (Å²) >= 11 is 0. The molecule has 2 aromatic carbocycles. The van der Waals surface area contributed by atoms with E-state index in [1.807, 2.05) is 48.5 Å². The molecule has 2 amide bonds. The smallest absolute Gasteiger partial charge is 0.408 e. The van der Waals surface area contributed by atoms with E-state index < -0.39 is 11.7 Å². The molecule has 0 aromatic heterocycles. The minimum Gasteiger partial charge on any atom is -0.444 e. The Hall–Kier alpha value is -3.19. The average molecular weight is 495 g/mol. The van der Waals surface area contributed by atoms with Crippen molar-refractivity contribution in [2.45, 2.75) is 58.6 Å². The third kappa shape index (κ3) is 8.79. The van der Waals surface area contributed by atoms with Gasteiger partial charge in [0.15, 0.2) is 5.78 Å². The maximum absolute atomic E-state index is 12.6. The highest BCUT2D eigenvalue weighted by Gasteiger charge is 2.18. The van der Waals surface area contributed by atoms with Crippen molar-refractivity contribution in [1.82, 2.24) is 10.2 Å². The van der Waals surface area contributed by atoms with Gasteiger partial charge in [-0.2, -0.15) is 0 Å². The Kier molecular flexibility index (Phi) is 9.65. The van der Waals surface area contributed by atoms with Gasteiger partial charge in [0.2, 0.25) is 5.91 Å². The lowest BCUT2D eigenvalue weighted by Crippen LogP contribution is -2.40. The van der Waals surface area contributed by atoms with E-state index in [9.17, 15) is 14.4 Å². The number of carbonyl (C=O) groups excluding carboxylic acids is 3. The van der Waals surface area contributed by atoms with Crippen LogP contribution in [0.15, 0.2) is 48.5 Å². The number of nitrogens with one attached hydrogen (secondary N) is 1. The minimum atomic E-state index is -0.615. The van der Waals surface area contributed by atoms with Crippen LogP contribution < -0.4 is 5.32 Å². The Bertz CT molecular complexity index is 1040. The second-order valence-corrected chi connectivity index (χ2v) is 10.4. The first-order chi connectivity index (χ1) is 17.1. The molecule has 1 aliphatic heterocycles. The summed E-state index contributed by atoms with van der Waals surface area (Å²) in [5.74, 6) is 0.555. The van der Waals surface area contributed by atoms with E-state index in [1.54, 1.807) is 32.7 Å². The number of rotatable bonds is 9. The van der Waals surface area contributed by atoms with Crippen LogP contribution in [0.3, 0.4) is 0 Å². The molecule has 1 N–H and O–H groups in total. The van der Waals surface area contributed by atoms with Gasteiger partial charge in [0, 0.05) is 38.8 Å². The summed E-state index contributed by atoms with van der Waals surface area (Å²) in [7, 11) is 1.70. The van der Waals surface area contributed by atoms with E-state index in [4.69, 9.17) is 9.47 Å². The van der Waals surface area contributed by atoms with Crippen LogP contribution in [0.5, 0.6) is 0 Å². The Morgan fingerprint density at radius 2 is 1.72 bits per heavy atom. The molecule has 7 nitrogen and oxygen atoms in total. The standard InChI is InChI=1S/C29H38N2O5/c1-29(2,3)36-28(34)30-19-27(33)31(4)20-22-6-5-7-25(18-22)23-9-11-24(12-10-23)26(32)13-8-21-14-16-35-17-15-21/h5-7,9-12,18,21H,8,13-17,19-20H2,1-4H3,(H,30,34). The van der Waals surface area contributed by atoms with Gasteiger partial charge in [0.1, 0.15) is 12.1 Å². The fourth-order valence-corrected chi connectivity index (χ4v) is 4.17. The highest BCUT2D eigenvalue weighted by molar-refractivity contribution is 5.96. The van der Waals surface area contributed by atoms with Crippen molar-refractivity contribution < 1.29 is 23.9 Å². The van der Waals surface area contributed by atoms with E-state index in [2.05, 4.69) is 5.32 Å². The predicted molar refractivity (Wildman–Crippen MR) is 140 cm³/mol. The molecule has 0 radical (unpaired) electrons. The van der Waals surface area contributed by atoms with E-state index >= 15 is 0 Å². The zero-order valence-electron chi connectivity index (χ0n) is 21.8. The lowest BCUT2D eigenvalue weighted by molar-refractivity contribution is -0.129. The van der Waals surface area contributed by atoms with Crippen LogP contribution >= 0.6 is 0 Å². The first-order valence-electron chi connectivity index (χ1n) is 12.6. The number of alkyl carbamates (subject to hydrolysis) is 1. The highest BCUT2D eigenvalue weighted by Crippen LogP contribution is 2.24. The molecule has 3 rings (SSSR count). The van der Waals surface area contributed by atoms with E-state index in [0.717, 1.165) is 54.7 Å². The summed E-state index contributed by atoms with van der Waals surface area (Å²) in [4.78, 5) is 38.4. The monoisotopic (exact) mass is 494 g/mol. The lowest BCUT2D eigenvalue weighted by Gasteiger charge is -2.21. The van der Waals surface area contributed by atoms with Crippen molar-refractivity contribution in [3.63, 3.8) is 0 Å². The number of carbonyl (C=O) groups is 3. The Labute approximate surface area is 214 Å². The summed E-state index contributed by atoms with van der Waals surface area (Å²) in [6.45, 7) is 7.20. The Balaban J connectivity index is 1.53. The molecule has 7 heteroatoms. The van der Waals surface area contributed by atoms with Crippen LogP contribution in [0.2, 0.25) is 0 Å². The predicted octanol–water partition coefficient (Wildman–Crippen LogP) is 5.23. The van der Waals surface area contributed by atoms with E-state index in [0.29, 0.717) is 18.9 Å². The number of amides is 2. The SMILES string of the molecule is CN(Cc1cccc(-c2ccc(C(=O)CCC3CCOCC3)cc2)c1)C(=O)CNC(=O)OC(C)(C)C. The number of likely N-dealkylation sites (N-methyl/N-ethyl adjacent to an activating group) is 1. The van der Waals surface area contributed by atoms with E-state index in [1.165, 1.54) is 0 Å². The molecule has 1 aliphatic rings. The maximum atomic E-state index is 12.6. The zero-order valence-corrected chi connectivity index (χ0v) is 21.8. The van der Waals surface area contributed by atoms with Gasteiger partial charge in [0.25, 0.3) is 0 Å². The van der Waals surface area contributed by atoms with Crippen molar-refractivity contribution in [3.05, 3.63) is 59.7 Å². The van der Waals surface area contributed by atoms with Crippen LogP contribution in [-0.2, 0) is 20.8 Å². The minimum absolute atomic E-state index is 0.130. The first kappa shape index (κ1) is 27.4. The molecular weight excluding hydrogens is 456 g/mol. The van der Waals surface area contributed by atoms with Crippen LogP contribution in [-0.4, -0.2) is 55.1 Å². The van der Waals surface area contributed by atoms with Crippen LogP contribution in [0.4, 0.5) is 4.79 Å². The van der Waals surface area contributed by atoms with Crippen LogP contribution in [0.1, 0.15) is 62.4 Å². The van der Waals surface area contributed by atoms with Crippen LogP contribution in [0.25, 0.3) is 11.1 Å². The second-order valence-electron chi connectivity index (χ2n) is 10.4. The molecule has 194 valence electrons. The zero-order chi connectivity index (χ0) is 26.1. The topological polar surface area (TPSA) is 84.9 Å². The van der Waals surface area contributed by atoms with Crippen molar-refractivity contribution in [2.75, 3.05) is 26.8 Å². The summed E-state index contributed by atoms with van der Waals surface area (Å²) in [5.41, 5.74) is 3.12. The first-order valence-corrected chi connectivity index (χ1v) is 12.6. The number of ketones is 1. The summed E-state index contributed by atoms with van der Waals surface area (Å²) in [6.07, 6.45) is 2.97. The van der Waals surface area contributed by atoms with Crippen molar-refractivity contribution in [3.8, 4) is 11.1 Å². The lowest BCUT2D eigenvalue weighted by atomic mass is 9.92. The quantitative estimate of drug-likeness (QED) is 0.483. The van der Waals surface area contributed by atoms with Gasteiger partial charge in [-0.15, -0.1) is 0 Å². The Morgan fingerprint density at radius 1 is 1.03 bits per heavy atom. The molecule has 0 aliphatic carbocycles. The van der Waals surface area contributed by atoms with Crippen LogP contribution in [0, 0.1) is 5.92 Å². The number of hydrogen-bond donors (Lipinski definition) is 1.